The third-order valence-corrected chi connectivity index (χ3v) is 21.7. The Kier molecular flexibility index (Phi) is 33.5. The molecule has 2 spiro atoms. The Morgan fingerprint density at radius 3 is 1.13 bits per heavy atom. The lowest BCUT2D eigenvalue weighted by Crippen LogP contribution is -2.70. The van der Waals surface area contributed by atoms with Crippen molar-refractivity contribution in [2.75, 3.05) is 59.9 Å². The van der Waals surface area contributed by atoms with Crippen molar-refractivity contribution in [1.29, 1.82) is 0 Å². The molecule has 1 amide bonds. The lowest BCUT2D eigenvalue weighted by molar-refractivity contribution is -0.577. The minimum absolute atomic E-state index is 0. The summed E-state index contributed by atoms with van der Waals surface area (Å²) in [5, 5.41) is 11.7. The van der Waals surface area contributed by atoms with Crippen LogP contribution in [-0.2, 0) is 80.1 Å². The second-order valence-electron chi connectivity index (χ2n) is 29.9. The summed E-state index contributed by atoms with van der Waals surface area (Å²) in [5.74, 6) is 3.58. The zero-order valence-electron chi connectivity index (χ0n) is 60.0. The Hall–Kier alpha value is -3.18. The summed E-state index contributed by atoms with van der Waals surface area (Å²) in [4.78, 5) is 46.8. The van der Waals surface area contributed by atoms with Gasteiger partial charge in [-0.05, 0) is 135 Å². The van der Waals surface area contributed by atoms with Crippen LogP contribution in [0.1, 0.15) is 235 Å². The Labute approximate surface area is 573 Å². The van der Waals surface area contributed by atoms with Gasteiger partial charge in [0.25, 0.3) is 5.91 Å². The molecule has 4 bridgehead atoms. The maximum absolute atomic E-state index is 11.7. The molecule has 0 radical (unpaired) electrons. The number of fused-ring (bicyclic) bond motifs is 4. The van der Waals surface area contributed by atoms with E-state index >= 15 is 0 Å². The topological polar surface area (TPSA) is 196 Å². The van der Waals surface area contributed by atoms with Crippen molar-refractivity contribution in [1.82, 2.24) is 5.32 Å². The monoisotopic (exact) mass is 1340 g/mol. The number of nitrogens with one attached hydrogen (secondary N) is 1. The molecule has 8 unspecified atom stereocenters. The van der Waals surface area contributed by atoms with Crippen LogP contribution in [0.3, 0.4) is 0 Å². The Morgan fingerprint density at radius 1 is 0.484 bits per heavy atom. The fraction of sp³-hybridized carbons (Fsp3) is 0.818. The highest BCUT2D eigenvalue weighted by molar-refractivity contribution is 5.93. The van der Waals surface area contributed by atoms with E-state index in [9.17, 15) is 9.59 Å². The largest absolute Gasteiger partial charge is 0.478 e. The molecule has 10 aliphatic rings. The van der Waals surface area contributed by atoms with Crippen molar-refractivity contribution in [3.8, 4) is 0 Å². The first kappa shape index (κ1) is 82.5. The number of aromatic carboxylic acids is 1. The molecule has 2 saturated carbocycles. The zero-order valence-corrected chi connectivity index (χ0v) is 60.0. The normalized spacial score (nSPS) is 34.2. The fourth-order valence-corrected chi connectivity index (χ4v) is 14.6. The van der Waals surface area contributed by atoms with E-state index in [-0.39, 0.29) is 56.3 Å². The number of amides is 1. The van der Waals surface area contributed by atoms with Crippen molar-refractivity contribution in [2.24, 2.45) is 82.9 Å². The van der Waals surface area contributed by atoms with E-state index in [1.54, 1.807) is 31.3 Å². The standard InChI is InChI=1S/C24H33NO6.C23H30O7.2C14H30O2.2CH4/c1-14-5-10-19-15(2)21(27-13-16-6-8-17(9-7-16)20(26)25-4)28-22-24(19)18(14)11-12-23(3,29-22)30-31-24;1-13-4-9-18-14(2)20(26-12-15-5-7-16(8-6-15)19(24)25)27-21-23(18)17(13)10-11-22(3,28-21)29-30-23;2*1-6-12(3)8-15-10-14(5)11-16-9-13(4)7-2;;/h6-9,14-15,18-19,21-22H,5,10-13H2,1-4H3,(H,25,26);5-8,13-14,17-18,20-21H,4,9-12H2,1-3H3,(H,24,25);2*12-14H,6-11H2,1-5H3;2*1H4/t14-,15-,18?,19-,21?,22-,23-,24-;13-,14-,17?,18-,20?,21-,22-,23-;;;;/m11..../s1. The van der Waals surface area contributed by atoms with E-state index in [1.807, 2.05) is 38.1 Å². The average Bonchev–Trinajstić information content (AvgIpc) is 1.69. The number of hydrogen-bond acceptors (Lipinski definition) is 16. The van der Waals surface area contributed by atoms with E-state index < -0.39 is 47.6 Å². The van der Waals surface area contributed by atoms with E-state index in [4.69, 9.17) is 72.0 Å². The molecule has 12 rings (SSSR count). The van der Waals surface area contributed by atoms with E-state index in [1.165, 1.54) is 32.1 Å². The molecule has 2 aromatic rings. The maximum atomic E-state index is 11.7. The van der Waals surface area contributed by atoms with Gasteiger partial charge in [0.1, 0.15) is 0 Å². The van der Waals surface area contributed by atoms with Gasteiger partial charge in [-0.15, -0.1) is 0 Å². The second kappa shape index (κ2) is 38.6. The molecule has 8 saturated heterocycles. The minimum Gasteiger partial charge on any atom is -0.478 e. The van der Waals surface area contributed by atoms with Crippen LogP contribution in [-0.4, -0.2) is 125 Å². The Balaban J connectivity index is 0.000000239. The summed E-state index contributed by atoms with van der Waals surface area (Å²) in [5.41, 5.74) is 1.64. The third kappa shape index (κ3) is 21.4. The van der Waals surface area contributed by atoms with E-state index in [0.29, 0.717) is 78.0 Å². The number of carboxylic acid groups (broad SMARTS) is 1. The number of carbonyl (C=O) groups excluding carboxylic acids is 1. The molecule has 18 heteroatoms. The number of carbonyl (C=O) groups is 2. The molecule has 95 heavy (non-hydrogen) atoms. The van der Waals surface area contributed by atoms with Gasteiger partial charge in [0, 0.05) is 87.4 Å². The summed E-state index contributed by atoms with van der Waals surface area (Å²) < 4.78 is 60.6. The maximum Gasteiger partial charge on any atom is 0.335 e. The van der Waals surface area contributed by atoms with Crippen LogP contribution in [0.2, 0.25) is 0 Å². The molecule has 2 aromatic carbocycles. The lowest BCUT2D eigenvalue weighted by Gasteiger charge is -2.60. The number of hydrogen-bond donors (Lipinski definition) is 2. The van der Waals surface area contributed by atoms with Crippen LogP contribution in [0.4, 0.5) is 0 Å². The van der Waals surface area contributed by atoms with Crippen LogP contribution in [0.5, 0.6) is 0 Å². The molecule has 18 nitrogen and oxygen atoms in total. The highest BCUT2D eigenvalue weighted by Crippen LogP contribution is 2.62. The van der Waals surface area contributed by atoms with Crippen LogP contribution >= 0.6 is 0 Å². The second-order valence-corrected chi connectivity index (χ2v) is 29.9. The number of benzene rings is 2. The number of carboxylic acids is 1. The van der Waals surface area contributed by atoms with Gasteiger partial charge in [0.2, 0.25) is 11.6 Å². The van der Waals surface area contributed by atoms with E-state index in [2.05, 4.69) is 102 Å². The third-order valence-electron chi connectivity index (χ3n) is 21.7. The predicted octanol–water partition coefficient (Wildman–Crippen LogP) is 16.6. The smallest absolute Gasteiger partial charge is 0.335 e. The lowest BCUT2D eigenvalue weighted by atomic mass is 9.58. The molecule has 2 N–H and O–H groups in total. The summed E-state index contributed by atoms with van der Waals surface area (Å²) in [7, 11) is 1.63. The summed E-state index contributed by atoms with van der Waals surface area (Å²) in [6.07, 6.45) is 10.9. The molecule has 10 fully saturated rings. The average molecular weight is 1340 g/mol. The highest BCUT2D eigenvalue weighted by Gasteiger charge is 2.71. The van der Waals surface area contributed by atoms with Crippen molar-refractivity contribution < 1.29 is 81.6 Å². The zero-order chi connectivity index (χ0) is 67.7. The van der Waals surface area contributed by atoms with Crippen LogP contribution in [0.25, 0.3) is 0 Å². The summed E-state index contributed by atoms with van der Waals surface area (Å²) in [6.45, 7) is 42.5. The minimum atomic E-state index is -0.936. The first-order valence-corrected chi connectivity index (χ1v) is 36.0. The number of rotatable bonds is 28. The quantitative estimate of drug-likeness (QED) is 0.0763. The Bertz CT molecular complexity index is 2460. The Morgan fingerprint density at radius 2 is 0.811 bits per heavy atom. The van der Waals surface area contributed by atoms with Crippen LogP contribution in [0, 0.1) is 82.9 Å². The molecular weight excluding hydrogens is 1210 g/mol. The molecule has 0 aromatic heterocycles. The van der Waals surface area contributed by atoms with Crippen molar-refractivity contribution in [3.63, 3.8) is 0 Å². The van der Waals surface area contributed by atoms with Crippen molar-refractivity contribution in [2.45, 2.75) is 264 Å². The van der Waals surface area contributed by atoms with Gasteiger partial charge in [0.15, 0.2) is 36.4 Å². The summed E-state index contributed by atoms with van der Waals surface area (Å²) >= 11 is 0. The van der Waals surface area contributed by atoms with E-state index in [0.717, 1.165) is 109 Å². The van der Waals surface area contributed by atoms with Gasteiger partial charge in [-0.3, -0.25) is 4.79 Å². The van der Waals surface area contributed by atoms with Crippen molar-refractivity contribution >= 4 is 11.9 Å². The molecule has 8 aliphatic heterocycles. The fourth-order valence-electron chi connectivity index (χ4n) is 14.6. The predicted molar refractivity (Wildman–Crippen MR) is 369 cm³/mol. The molecule has 2 aliphatic carbocycles. The summed E-state index contributed by atoms with van der Waals surface area (Å²) in [6, 6.07) is 14.2. The van der Waals surface area contributed by atoms with Gasteiger partial charge in [-0.1, -0.05) is 162 Å². The first-order valence-electron chi connectivity index (χ1n) is 36.0. The van der Waals surface area contributed by atoms with Gasteiger partial charge in [0.05, 0.1) is 45.2 Å². The van der Waals surface area contributed by atoms with Gasteiger partial charge in [-0.2, -0.15) is 0 Å². The molecule has 546 valence electrons. The first-order chi connectivity index (χ1) is 44.4. The number of ether oxygens (including phenoxy) is 10. The molecular formula is C77H131NO17. The van der Waals surface area contributed by atoms with Gasteiger partial charge in [-0.25, -0.2) is 24.3 Å². The van der Waals surface area contributed by atoms with Crippen LogP contribution in [0.15, 0.2) is 48.5 Å². The van der Waals surface area contributed by atoms with Gasteiger partial charge < -0.3 is 57.8 Å². The van der Waals surface area contributed by atoms with Crippen molar-refractivity contribution in [3.05, 3.63) is 70.8 Å². The molecule has 8 heterocycles. The molecule has 20 atom stereocenters. The van der Waals surface area contributed by atoms with Crippen LogP contribution < -0.4 is 5.32 Å². The highest BCUT2D eigenvalue weighted by atomic mass is 17.3. The SMILES string of the molecule is C.C.CCC(C)COCC(C)COCC(C)CC.CCC(C)COCC(C)COCC(C)CC.CNC(=O)c1ccc(COC2O[C@@H]3O[C@@]4(C)CCC5[C@H](C)CC[C@H]([C@H]2C)[C@]53OO4)cc1.C[C@@H]1CC[C@@H]2[C@@H](C)C(OCc3ccc(C(=O)O)cc3)O[C@@H]3O[C@@]4(C)CCC1[C@]32OO4. The van der Waals surface area contributed by atoms with Gasteiger partial charge >= 0.3 is 5.97 Å².